The number of hydrogen-bond donors (Lipinski definition) is 2. The van der Waals surface area contributed by atoms with Crippen LogP contribution in [0.1, 0.15) is 132 Å². The molecule has 2 aromatic rings. The van der Waals surface area contributed by atoms with Gasteiger partial charge in [0.1, 0.15) is 5.75 Å². The van der Waals surface area contributed by atoms with Gasteiger partial charge in [-0.3, -0.25) is 4.79 Å². The summed E-state index contributed by atoms with van der Waals surface area (Å²) in [7, 11) is 0. The minimum absolute atomic E-state index is 0.0263. The lowest BCUT2D eigenvalue weighted by atomic mass is 9.88. The first-order valence-corrected chi connectivity index (χ1v) is 13.1. The molecule has 0 fully saturated rings. The van der Waals surface area contributed by atoms with E-state index in [4.69, 9.17) is 5.73 Å². The van der Waals surface area contributed by atoms with Crippen LogP contribution in [0.3, 0.4) is 0 Å². The van der Waals surface area contributed by atoms with Crippen molar-refractivity contribution in [1.82, 2.24) is 0 Å². The number of benzene rings is 2. The van der Waals surface area contributed by atoms with Crippen LogP contribution in [0.15, 0.2) is 30.3 Å². The van der Waals surface area contributed by atoms with Crippen LogP contribution in [0.5, 0.6) is 5.75 Å². The van der Waals surface area contributed by atoms with Crippen LogP contribution < -0.4 is 5.73 Å². The summed E-state index contributed by atoms with van der Waals surface area (Å²) < 4.78 is 0. The van der Waals surface area contributed by atoms with Crippen LogP contribution >= 0.6 is 0 Å². The standard InChI is InChI=1S/C29H45NO2/c1-3-4-5-6-7-8-9-10-11-12-13-14-15-16-19-23(2)26-22-24-20-17-18-21-25(24)28(31)27(26)29(30)32/h17-18,20-23,31H,3-16,19H2,1-2H3,(H2,30,32). The van der Waals surface area contributed by atoms with Gasteiger partial charge in [0.05, 0.1) is 5.56 Å². The third kappa shape index (κ3) is 8.48. The number of amides is 1. The first-order chi connectivity index (χ1) is 15.6. The lowest BCUT2D eigenvalue weighted by Crippen LogP contribution is -2.15. The molecule has 0 saturated heterocycles. The fourth-order valence-corrected chi connectivity index (χ4v) is 4.80. The highest BCUT2D eigenvalue weighted by atomic mass is 16.3. The maximum absolute atomic E-state index is 12.1. The normalized spacial score (nSPS) is 12.3. The number of aromatic hydroxyl groups is 1. The molecule has 0 saturated carbocycles. The minimum Gasteiger partial charge on any atom is -0.506 e. The smallest absolute Gasteiger partial charge is 0.252 e. The van der Waals surface area contributed by atoms with Crippen LogP contribution in [0.4, 0.5) is 0 Å². The number of fused-ring (bicyclic) bond motifs is 1. The SMILES string of the molecule is CCCCCCCCCCCCCCCCC(C)c1cc2ccccc2c(O)c1C(N)=O. The monoisotopic (exact) mass is 439 g/mol. The molecule has 0 aliphatic rings. The van der Waals surface area contributed by atoms with E-state index in [-0.39, 0.29) is 11.7 Å². The molecule has 32 heavy (non-hydrogen) atoms. The Morgan fingerprint density at radius 1 is 0.844 bits per heavy atom. The molecule has 3 heteroatoms. The largest absolute Gasteiger partial charge is 0.506 e. The molecular weight excluding hydrogens is 394 g/mol. The molecule has 1 amide bonds. The number of nitrogens with two attached hydrogens (primary N) is 1. The Labute approximate surface area is 195 Å². The second-order valence-corrected chi connectivity index (χ2v) is 9.56. The molecule has 0 spiro atoms. The van der Waals surface area contributed by atoms with E-state index in [1.54, 1.807) is 0 Å². The molecule has 0 radical (unpaired) electrons. The topological polar surface area (TPSA) is 63.3 Å². The van der Waals surface area contributed by atoms with Gasteiger partial charge in [-0.2, -0.15) is 0 Å². The zero-order valence-electron chi connectivity index (χ0n) is 20.5. The Balaban J connectivity index is 1.65. The lowest BCUT2D eigenvalue weighted by molar-refractivity contribution is 0.0996. The highest BCUT2D eigenvalue weighted by Gasteiger charge is 2.20. The molecule has 0 bridgehead atoms. The maximum Gasteiger partial charge on any atom is 0.252 e. The van der Waals surface area contributed by atoms with E-state index >= 15 is 0 Å². The highest BCUT2D eigenvalue weighted by molar-refractivity contribution is 6.04. The van der Waals surface area contributed by atoms with Gasteiger partial charge >= 0.3 is 0 Å². The molecule has 178 valence electrons. The van der Waals surface area contributed by atoms with Crippen LogP contribution in [0, 0.1) is 0 Å². The summed E-state index contributed by atoms with van der Waals surface area (Å²) >= 11 is 0. The van der Waals surface area contributed by atoms with Gasteiger partial charge in [0, 0.05) is 5.39 Å². The van der Waals surface area contributed by atoms with Gasteiger partial charge in [-0.15, -0.1) is 0 Å². The molecule has 2 rings (SSSR count). The van der Waals surface area contributed by atoms with Gasteiger partial charge in [0.25, 0.3) is 5.91 Å². The second kappa shape index (κ2) is 14.9. The van der Waals surface area contributed by atoms with Crippen molar-refractivity contribution in [2.75, 3.05) is 0 Å². The second-order valence-electron chi connectivity index (χ2n) is 9.56. The molecule has 0 heterocycles. The summed E-state index contributed by atoms with van der Waals surface area (Å²) in [5, 5.41) is 12.3. The van der Waals surface area contributed by atoms with Crippen molar-refractivity contribution in [1.29, 1.82) is 0 Å². The Bertz CT molecular complexity index is 814. The van der Waals surface area contributed by atoms with Crippen molar-refractivity contribution in [2.24, 2.45) is 5.73 Å². The van der Waals surface area contributed by atoms with E-state index in [0.717, 1.165) is 23.8 Å². The molecule has 3 N–H and O–H groups in total. The van der Waals surface area contributed by atoms with E-state index in [2.05, 4.69) is 13.8 Å². The van der Waals surface area contributed by atoms with Gasteiger partial charge in [-0.25, -0.2) is 0 Å². The zero-order valence-corrected chi connectivity index (χ0v) is 20.5. The Morgan fingerprint density at radius 2 is 1.34 bits per heavy atom. The summed E-state index contributed by atoms with van der Waals surface area (Å²) in [6.45, 7) is 4.41. The van der Waals surface area contributed by atoms with E-state index in [9.17, 15) is 9.90 Å². The molecule has 0 aromatic heterocycles. The quantitative estimate of drug-likeness (QED) is 0.242. The van der Waals surface area contributed by atoms with Gasteiger partial charge in [0.15, 0.2) is 0 Å². The van der Waals surface area contributed by atoms with E-state index in [1.807, 2.05) is 30.3 Å². The predicted molar refractivity (Wildman–Crippen MR) is 137 cm³/mol. The summed E-state index contributed by atoms with van der Waals surface area (Å²) in [4.78, 5) is 12.1. The van der Waals surface area contributed by atoms with Gasteiger partial charge < -0.3 is 10.8 Å². The summed E-state index contributed by atoms with van der Waals surface area (Å²) in [5.74, 6) is -0.320. The van der Waals surface area contributed by atoms with Crippen molar-refractivity contribution in [3.63, 3.8) is 0 Å². The van der Waals surface area contributed by atoms with Crippen LogP contribution in [0.2, 0.25) is 0 Å². The minimum atomic E-state index is -0.545. The fourth-order valence-electron chi connectivity index (χ4n) is 4.80. The Hall–Kier alpha value is -2.03. The summed E-state index contributed by atoms with van der Waals surface area (Å²) in [6.07, 6.45) is 19.9. The zero-order chi connectivity index (χ0) is 23.2. The average molecular weight is 440 g/mol. The number of unbranched alkanes of at least 4 members (excludes halogenated alkanes) is 13. The number of carbonyl (C=O) groups excluding carboxylic acids is 1. The third-order valence-corrected chi connectivity index (χ3v) is 6.82. The van der Waals surface area contributed by atoms with Gasteiger partial charge in [-0.1, -0.05) is 128 Å². The van der Waals surface area contributed by atoms with Crippen molar-refractivity contribution in [3.05, 3.63) is 41.5 Å². The first kappa shape index (κ1) is 26.2. The summed E-state index contributed by atoms with van der Waals surface area (Å²) in [5.41, 5.74) is 6.80. The van der Waals surface area contributed by atoms with Crippen molar-refractivity contribution < 1.29 is 9.90 Å². The summed E-state index contributed by atoms with van der Waals surface area (Å²) in [6, 6.07) is 9.66. The number of rotatable bonds is 17. The average Bonchev–Trinajstić information content (AvgIpc) is 2.78. The van der Waals surface area contributed by atoms with Gasteiger partial charge in [0.2, 0.25) is 0 Å². The number of hydrogen-bond acceptors (Lipinski definition) is 2. The molecule has 1 atom stereocenters. The number of phenols is 1. The number of primary amides is 1. The van der Waals surface area contributed by atoms with Gasteiger partial charge in [-0.05, 0) is 29.4 Å². The molecule has 1 unspecified atom stereocenters. The molecule has 2 aromatic carbocycles. The Kier molecular flexibility index (Phi) is 12.2. The van der Waals surface area contributed by atoms with E-state index < -0.39 is 5.91 Å². The van der Waals surface area contributed by atoms with E-state index in [0.29, 0.717) is 10.9 Å². The first-order valence-electron chi connectivity index (χ1n) is 13.1. The van der Waals surface area contributed by atoms with Crippen LogP contribution in [0.25, 0.3) is 10.8 Å². The Morgan fingerprint density at radius 3 is 1.88 bits per heavy atom. The number of carbonyl (C=O) groups is 1. The predicted octanol–water partition coefficient (Wildman–Crippen LogP) is 8.62. The van der Waals surface area contributed by atoms with Crippen LogP contribution in [-0.4, -0.2) is 11.0 Å². The van der Waals surface area contributed by atoms with Crippen molar-refractivity contribution >= 4 is 16.7 Å². The molecular formula is C29H45NO2. The molecule has 3 nitrogen and oxygen atoms in total. The molecule has 0 aliphatic carbocycles. The fraction of sp³-hybridized carbons (Fsp3) is 0.621. The maximum atomic E-state index is 12.1. The lowest BCUT2D eigenvalue weighted by Gasteiger charge is -2.18. The van der Waals surface area contributed by atoms with Crippen LogP contribution in [-0.2, 0) is 0 Å². The third-order valence-electron chi connectivity index (χ3n) is 6.82. The van der Waals surface area contributed by atoms with Crippen molar-refractivity contribution in [3.8, 4) is 5.75 Å². The van der Waals surface area contributed by atoms with E-state index in [1.165, 1.54) is 83.5 Å². The van der Waals surface area contributed by atoms with Crippen molar-refractivity contribution in [2.45, 2.75) is 116 Å². The highest BCUT2D eigenvalue weighted by Crippen LogP contribution is 2.36. The molecule has 0 aliphatic heterocycles.